The van der Waals surface area contributed by atoms with Gasteiger partial charge in [0.2, 0.25) is 0 Å². The lowest BCUT2D eigenvalue weighted by Gasteiger charge is -2.27. The highest BCUT2D eigenvalue weighted by Crippen LogP contribution is 2.34. The molecule has 4 aromatic rings. The average molecular weight is 514 g/mol. The highest BCUT2D eigenvalue weighted by Gasteiger charge is 2.27. The van der Waals surface area contributed by atoms with Crippen molar-refractivity contribution in [1.82, 2.24) is 19.8 Å². The van der Waals surface area contributed by atoms with Gasteiger partial charge in [-0.25, -0.2) is 19.0 Å². The summed E-state index contributed by atoms with van der Waals surface area (Å²) in [7, 11) is 0. The lowest BCUT2D eigenvalue weighted by Crippen LogP contribution is -2.35. The van der Waals surface area contributed by atoms with Gasteiger partial charge in [0.1, 0.15) is 11.0 Å². The van der Waals surface area contributed by atoms with Crippen LogP contribution >= 0.6 is 11.6 Å². The van der Waals surface area contributed by atoms with E-state index in [1.54, 1.807) is 35.0 Å². The number of carbonyl (C=O) groups excluding carboxylic acids is 1. The number of nitrogens with one attached hydrogen (secondary N) is 1. The fourth-order valence-corrected chi connectivity index (χ4v) is 4.95. The van der Waals surface area contributed by atoms with Crippen LogP contribution in [0.4, 0.5) is 14.9 Å². The minimum Gasteiger partial charge on any atom is -0.333 e. The smallest absolute Gasteiger partial charge is 0.326 e. The molecule has 5 rings (SSSR count). The minimum absolute atomic E-state index is 0.178. The standard InChI is InChI=1S/C29H25ClFN5O/c1-19-3-5-20(6-4-19)13-22(31)17-35-12-10-27-25(18-35)24-15-23(32-2)7-8-26(24)36(27)29(37)34-16-21-9-11-33-28(30)14-21/h3-9,11,13-15H,10,12,16-18H2,1H3,(H,34,37)/b22-13-. The first kappa shape index (κ1) is 24.7. The van der Waals surface area contributed by atoms with Crippen LogP contribution in [0.5, 0.6) is 0 Å². The van der Waals surface area contributed by atoms with Crippen molar-refractivity contribution in [3.8, 4) is 0 Å². The first-order valence-corrected chi connectivity index (χ1v) is 12.4. The van der Waals surface area contributed by atoms with E-state index >= 15 is 0 Å². The molecule has 1 amide bonds. The Kier molecular flexibility index (Phi) is 7.04. The molecule has 1 N–H and O–H groups in total. The molecular formula is C29H25ClFN5O. The summed E-state index contributed by atoms with van der Waals surface area (Å²) in [4.78, 5) is 22.9. The van der Waals surface area contributed by atoms with Gasteiger partial charge in [-0.1, -0.05) is 47.5 Å². The lowest BCUT2D eigenvalue weighted by molar-refractivity contribution is 0.238. The fraction of sp³-hybridized carbons (Fsp3) is 0.207. The molecule has 3 heterocycles. The summed E-state index contributed by atoms with van der Waals surface area (Å²) in [6.45, 7) is 11.0. The van der Waals surface area contributed by atoms with E-state index in [0.717, 1.165) is 38.9 Å². The summed E-state index contributed by atoms with van der Waals surface area (Å²) in [6, 6.07) is 16.3. The third-order valence-electron chi connectivity index (χ3n) is 6.55. The monoisotopic (exact) mass is 513 g/mol. The first-order chi connectivity index (χ1) is 17.9. The Morgan fingerprint density at radius 1 is 1.22 bits per heavy atom. The van der Waals surface area contributed by atoms with Crippen LogP contribution in [0.15, 0.2) is 66.6 Å². The molecule has 0 spiro atoms. The van der Waals surface area contributed by atoms with Crippen molar-refractivity contribution in [2.75, 3.05) is 13.1 Å². The quantitative estimate of drug-likeness (QED) is 0.239. The maximum absolute atomic E-state index is 14.9. The van der Waals surface area contributed by atoms with Gasteiger partial charge in [-0.3, -0.25) is 9.47 Å². The van der Waals surface area contributed by atoms with E-state index in [-0.39, 0.29) is 18.4 Å². The van der Waals surface area contributed by atoms with Crippen molar-refractivity contribution in [3.63, 3.8) is 0 Å². The number of carbonyl (C=O) groups is 1. The number of fused-ring (bicyclic) bond motifs is 3. The van der Waals surface area contributed by atoms with Crippen molar-refractivity contribution < 1.29 is 9.18 Å². The molecule has 1 aliphatic rings. The van der Waals surface area contributed by atoms with Crippen molar-refractivity contribution >= 4 is 40.3 Å². The Bertz CT molecular complexity index is 1550. The number of aromatic nitrogens is 2. The SMILES string of the molecule is [C-]#[N+]c1ccc2c(c1)c1c(n2C(=O)NCc2ccnc(Cl)c2)CCN(C/C(F)=C/c2ccc(C)cc2)C1. The van der Waals surface area contributed by atoms with Gasteiger partial charge in [-0.2, -0.15) is 0 Å². The maximum atomic E-state index is 14.9. The third kappa shape index (κ3) is 5.41. The Hall–Kier alpha value is -3.99. The number of benzene rings is 2. The predicted molar refractivity (Wildman–Crippen MR) is 144 cm³/mol. The van der Waals surface area contributed by atoms with Crippen LogP contribution in [-0.2, 0) is 19.5 Å². The summed E-state index contributed by atoms with van der Waals surface area (Å²) in [5.74, 6) is -0.216. The van der Waals surface area contributed by atoms with Gasteiger partial charge < -0.3 is 5.32 Å². The number of hydrogen-bond acceptors (Lipinski definition) is 3. The van der Waals surface area contributed by atoms with Crippen LogP contribution in [0.3, 0.4) is 0 Å². The second-order valence-corrected chi connectivity index (χ2v) is 9.57. The summed E-state index contributed by atoms with van der Waals surface area (Å²) in [5.41, 5.74) is 5.88. The van der Waals surface area contributed by atoms with E-state index in [0.29, 0.717) is 36.9 Å². The van der Waals surface area contributed by atoms with E-state index in [1.807, 2.05) is 48.2 Å². The number of pyridine rings is 1. The van der Waals surface area contributed by atoms with Gasteiger partial charge in [0.05, 0.1) is 18.6 Å². The second kappa shape index (κ2) is 10.6. The molecule has 0 bridgehead atoms. The zero-order valence-corrected chi connectivity index (χ0v) is 21.1. The maximum Gasteiger partial charge on any atom is 0.326 e. The molecule has 0 radical (unpaired) electrons. The van der Waals surface area contributed by atoms with Crippen molar-refractivity contribution in [2.24, 2.45) is 0 Å². The molecule has 1 aliphatic heterocycles. The summed E-state index contributed by atoms with van der Waals surface area (Å²) in [6.07, 6.45) is 3.75. The number of aryl methyl sites for hydroxylation is 1. The summed E-state index contributed by atoms with van der Waals surface area (Å²) in [5, 5.41) is 4.18. The van der Waals surface area contributed by atoms with Gasteiger partial charge >= 0.3 is 6.03 Å². The molecule has 0 unspecified atom stereocenters. The first-order valence-electron chi connectivity index (χ1n) is 12.0. The largest absolute Gasteiger partial charge is 0.333 e. The molecule has 0 atom stereocenters. The van der Waals surface area contributed by atoms with Crippen LogP contribution in [0, 0.1) is 13.5 Å². The third-order valence-corrected chi connectivity index (χ3v) is 6.76. The van der Waals surface area contributed by atoms with Crippen LogP contribution in [0.1, 0.15) is 27.9 Å². The average Bonchev–Trinajstić information content (AvgIpc) is 3.21. The van der Waals surface area contributed by atoms with Gasteiger partial charge in [0.15, 0.2) is 5.69 Å². The Balaban J connectivity index is 1.41. The Morgan fingerprint density at radius 3 is 2.78 bits per heavy atom. The number of amides is 1. The van der Waals surface area contributed by atoms with Crippen LogP contribution in [0.2, 0.25) is 5.15 Å². The van der Waals surface area contributed by atoms with Crippen LogP contribution < -0.4 is 5.32 Å². The molecule has 2 aromatic carbocycles. The highest BCUT2D eigenvalue weighted by atomic mass is 35.5. The highest BCUT2D eigenvalue weighted by molar-refractivity contribution is 6.29. The van der Waals surface area contributed by atoms with Crippen molar-refractivity contribution in [2.45, 2.75) is 26.4 Å². The summed E-state index contributed by atoms with van der Waals surface area (Å²) >= 11 is 5.97. The van der Waals surface area contributed by atoms with Gasteiger partial charge in [0.25, 0.3) is 0 Å². The topological polar surface area (TPSA) is 54.5 Å². The predicted octanol–water partition coefficient (Wildman–Crippen LogP) is 6.68. The molecule has 8 heteroatoms. The molecule has 0 fully saturated rings. The second-order valence-electron chi connectivity index (χ2n) is 9.18. The van der Waals surface area contributed by atoms with Gasteiger partial charge in [-0.15, -0.1) is 0 Å². The van der Waals surface area contributed by atoms with E-state index in [2.05, 4.69) is 15.1 Å². The molecule has 0 saturated carbocycles. The number of rotatable bonds is 5. The molecule has 37 heavy (non-hydrogen) atoms. The molecule has 0 aliphatic carbocycles. The van der Waals surface area contributed by atoms with E-state index < -0.39 is 0 Å². The molecule has 6 nitrogen and oxygen atoms in total. The molecule has 186 valence electrons. The summed E-state index contributed by atoms with van der Waals surface area (Å²) < 4.78 is 16.6. The van der Waals surface area contributed by atoms with Gasteiger partial charge in [0, 0.05) is 37.9 Å². The normalized spacial score (nSPS) is 13.8. The Morgan fingerprint density at radius 2 is 2.03 bits per heavy atom. The van der Waals surface area contributed by atoms with Crippen LogP contribution in [-0.4, -0.2) is 33.6 Å². The zero-order valence-electron chi connectivity index (χ0n) is 20.3. The number of hydrogen-bond donors (Lipinski definition) is 1. The van der Waals surface area contributed by atoms with Crippen LogP contribution in [0.25, 0.3) is 21.8 Å². The zero-order chi connectivity index (χ0) is 25.9. The van der Waals surface area contributed by atoms with Crippen molar-refractivity contribution in [3.05, 3.63) is 111 Å². The lowest BCUT2D eigenvalue weighted by atomic mass is 10.0. The van der Waals surface area contributed by atoms with E-state index in [4.69, 9.17) is 18.2 Å². The van der Waals surface area contributed by atoms with E-state index in [1.165, 1.54) is 0 Å². The molecule has 2 aromatic heterocycles. The Labute approximate surface area is 219 Å². The minimum atomic E-state index is -0.256. The van der Waals surface area contributed by atoms with Gasteiger partial charge in [-0.05, 0) is 59.3 Å². The molecule has 0 saturated heterocycles. The number of halogens is 2. The molecular weight excluding hydrogens is 489 g/mol. The van der Waals surface area contributed by atoms with Crippen molar-refractivity contribution in [1.29, 1.82) is 0 Å². The fourth-order valence-electron chi connectivity index (χ4n) is 4.75. The number of nitrogens with zero attached hydrogens (tertiary/aromatic N) is 4. The van der Waals surface area contributed by atoms with E-state index in [9.17, 15) is 9.18 Å².